The van der Waals surface area contributed by atoms with Crippen molar-refractivity contribution in [3.05, 3.63) is 35.4 Å². The number of rotatable bonds is 2. The summed E-state index contributed by atoms with van der Waals surface area (Å²) in [5.74, 6) is 0.663. The maximum atomic E-state index is 8.76. The number of hydrogen-bond acceptors (Lipinski definition) is 3. The van der Waals surface area contributed by atoms with Crippen molar-refractivity contribution in [2.24, 2.45) is 4.99 Å². The number of nitriles is 1. The smallest absolute Gasteiger partial charge is 0.217 e. The van der Waals surface area contributed by atoms with Crippen LogP contribution in [-0.4, -0.2) is 18.0 Å². The molecule has 16 heavy (non-hydrogen) atoms. The lowest BCUT2D eigenvalue weighted by molar-refractivity contribution is 0.279. The quantitative estimate of drug-likeness (QED) is 0.758. The minimum Gasteiger partial charge on any atom is -0.475 e. The number of ether oxygens (including phenoxy) is 1. The van der Waals surface area contributed by atoms with E-state index in [1.165, 1.54) is 0 Å². The second-order valence-corrected chi connectivity index (χ2v) is 4.51. The molecule has 0 aromatic heterocycles. The second-order valence-electron chi connectivity index (χ2n) is 4.51. The highest BCUT2D eigenvalue weighted by Gasteiger charge is 2.27. The molecule has 0 aliphatic carbocycles. The van der Waals surface area contributed by atoms with E-state index >= 15 is 0 Å². The summed E-state index contributed by atoms with van der Waals surface area (Å²) >= 11 is 0. The SMILES string of the molecule is CC1(C)COC(c2ccccc2CC#N)=N1. The van der Waals surface area contributed by atoms with Crippen molar-refractivity contribution in [1.29, 1.82) is 5.26 Å². The van der Waals surface area contributed by atoms with Gasteiger partial charge in [0.2, 0.25) is 5.90 Å². The monoisotopic (exact) mass is 214 g/mol. The summed E-state index contributed by atoms with van der Waals surface area (Å²) < 4.78 is 5.58. The Kier molecular flexibility index (Phi) is 2.66. The van der Waals surface area contributed by atoms with Crippen LogP contribution in [0.2, 0.25) is 0 Å². The van der Waals surface area contributed by atoms with Crippen LogP contribution in [0.3, 0.4) is 0 Å². The molecule has 0 unspecified atom stereocenters. The molecule has 0 bridgehead atoms. The first kappa shape index (κ1) is 10.7. The molecule has 3 nitrogen and oxygen atoms in total. The van der Waals surface area contributed by atoms with Crippen LogP contribution in [0.1, 0.15) is 25.0 Å². The average Bonchev–Trinajstić information content (AvgIpc) is 2.60. The van der Waals surface area contributed by atoms with E-state index in [2.05, 4.69) is 11.1 Å². The molecule has 0 atom stereocenters. The zero-order valence-corrected chi connectivity index (χ0v) is 9.53. The molecule has 0 saturated carbocycles. The van der Waals surface area contributed by atoms with Crippen molar-refractivity contribution in [2.75, 3.05) is 6.61 Å². The van der Waals surface area contributed by atoms with Crippen LogP contribution in [-0.2, 0) is 11.2 Å². The van der Waals surface area contributed by atoms with Gasteiger partial charge in [-0.15, -0.1) is 0 Å². The molecular formula is C13H14N2O. The van der Waals surface area contributed by atoms with Crippen LogP contribution >= 0.6 is 0 Å². The summed E-state index contributed by atoms with van der Waals surface area (Å²) in [6.07, 6.45) is 0.388. The van der Waals surface area contributed by atoms with Crippen molar-refractivity contribution in [2.45, 2.75) is 25.8 Å². The van der Waals surface area contributed by atoms with Gasteiger partial charge in [0.05, 0.1) is 18.0 Å². The minimum absolute atomic E-state index is 0.158. The average molecular weight is 214 g/mol. The predicted octanol–water partition coefficient (Wildman–Crippen LogP) is 2.31. The van der Waals surface area contributed by atoms with E-state index in [9.17, 15) is 0 Å². The van der Waals surface area contributed by atoms with Crippen molar-refractivity contribution >= 4 is 5.90 Å². The Labute approximate surface area is 95.4 Å². The lowest BCUT2D eigenvalue weighted by Gasteiger charge is -2.07. The van der Waals surface area contributed by atoms with Gasteiger partial charge in [0.25, 0.3) is 0 Å². The standard InChI is InChI=1S/C13H14N2O/c1-13(2)9-16-12(15-13)11-6-4-3-5-10(11)7-8-14/h3-6H,7,9H2,1-2H3. The largest absolute Gasteiger partial charge is 0.475 e. The minimum atomic E-state index is -0.158. The first-order valence-electron chi connectivity index (χ1n) is 5.30. The Morgan fingerprint density at radius 1 is 1.44 bits per heavy atom. The molecule has 0 fully saturated rings. The summed E-state index contributed by atoms with van der Waals surface area (Å²) in [5, 5.41) is 8.76. The number of aliphatic imine (C=N–C) groups is 1. The summed E-state index contributed by atoms with van der Waals surface area (Å²) in [7, 11) is 0. The fourth-order valence-electron chi connectivity index (χ4n) is 1.69. The van der Waals surface area contributed by atoms with Crippen molar-refractivity contribution < 1.29 is 4.74 Å². The zero-order valence-electron chi connectivity index (χ0n) is 9.53. The maximum absolute atomic E-state index is 8.76. The fraction of sp³-hybridized carbons (Fsp3) is 0.385. The van der Waals surface area contributed by atoms with Crippen molar-refractivity contribution in [1.82, 2.24) is 0 Å². The number of hydrogen-bond donors (Lipinski definition) is 0. The molecular weight excluding hydrogens is 200 g/mol. The van der Waals surface area contributed by atoms with Crippen molar-refractivity contribution in [3.8, 4) is 6.07 Å². The van der Waals surface area contributed by atoms with Crippen LogP contribution < -0.4 is 0 Å². The van der Waals surface area contributed by atoms with Gasteiger partial charge in [-0.3, -0.25) is 0 Å². The molecule has 0 N–H and O–H groups in total. The topological polar surface area (TPSA) is 45.4 Å². The molecule has 0 amide bonds. The third-order valence-electron chi connectivity index (χ3n) is 2.48. The molecule has 1 heterocycles. The van der Waals surface area contributed by atoms with Gasteiger partial charge >= 0.3 is 0 Å². The molecule has 2 rings (SSSR count). The van der Waals surface area contributed by atoms with Gasteiger partial charge in [0.15, 0.2) is 0 Å². The van der Waals surface area contributed by atoms with E-state index in [4.69, 9.17) is 10.00 Å². The van der Waals surface area contributed by atoms with Crippen LogP contribution in [0.4, 0.5) is 0 Å². The normalized spacial score (nSPS) is 17.4. The molecule has 3 heteroatoms. The highest BCUT2D eigenvalue weighted by molar-refractivity contribution is 5.96. The van der Waals surface area contributed by atoms with Gasteiger partial charge in [-0.25, -0.2) is 4.99 Å². The van der Waals surface area contributed by atoms with Crippen LogP contribution in [0.5, 0.6) is 0 Å². The molecule has 82 valence electrons. The van der Waals surface area contributed by atoms with Gasteiger partial charge < -0.3 is 4.74 Å². The highest BCUT2D eigenvalue weighted by Crippen LogP contribution is 2.22. The molecule has 1 aliphatic heterocycles. The Morgan fingerprint density at radius 3 is 2.81 bits per heavy atom. The Bertz CT molecular complexity index is 469. The third kappa shape index (κ3) is 2.06. The summed E-state index contributed by atoms with van der Waals surface area (Å²) in [6.45, 7) is 4.67. The van der Waals surface area contributed by atoms with Crippen LogP contribution in [0.25, 0.3) is 0 Å². The van der Waals surface area contributed by atoms with E-state index in [0.29, 0.717) is 18.9 Å². The Morgan fingerprint density at radius 2 is 2.19 bits per heavy atom. The fourth-order valence-corrected chi connectivity index (χ4v) is 1.69. The van der Waals surface area contributed by atoms with E-state index in [1.807, 2.05) is 38.1 Å². The molecule has 1 aliphatic rings. The van der Waals surface area contributed by atoms with E-state index in [0.717, 1.165) is 11.1 Å². The molecule has 0 saturated heterocycles. The first-order chi connectivity index (χ1) is 7.62. The highest BCUT2D eigenvalue weighted by atomic mass is 16.5. The molecule has 0 spiro atoms. The summed E-state index contributed by atoms with van der Waals surface area (Å²) in [6, 6.07) is 9.91. The molecule has 1 aromatic carbocycles. The van der Waals surface area contributed by atoms with Gasteiger partial charge in [-0.2, -0.15) is 5.26 Å². The van der Waals surface area contributed by atoms with Crippen LogP contribution in [0, 0.1) is 11.3 Å². The third-order valence-corrected chi connectivity index (χ3v) is 2.48. The first-order valence-corrected chi connectivity index (χ1v) is 5.30. The van der Waals surface area contributed by atoms with Crippen molar-refractivity contribution in [3.63, 3.8) is 0 Å². The van der Waals surface area contributed by atoms with E-state index in [1.54, 1.807) is 0 Å². The zero-order chi connectivity index (χ0) is 11.6. The predicted molar refractivity (Wildman–Crippen MR) is 62.3 cm³/mol. The number of nitrogens with zero attached hydrogens (tertiary/aromatic N) is 2. The van der Waals surface area contributed by atoms with E-state index in [-0.39, 0.29) is 5.54 Å². The second kappa shape index (κ2) is 3.97. The summed E-state index contributed by atoms with van der Waals surface area (Å²) in [4.78, 5) is 4.52. The van der Waals surface area contributed by atoms with Gasteiger partial charge in [0, 0.05) is 5.56 Å². The van der Waals surface area contributed by atoms with Gasteiger partial charge in [0.1, 0.15) is 6.61 Å². The van der Waals surface area contributed by atoms with E-state index < -0.39 is 0 Å². The molecule has 1 aromatic rings. The van der Waals surface area contributed by atoms with Gasteiger partial charge in [-0.05, 0) is 25.5 Å². The van der Waals surface area contributed by atoms with Gasteiger partial charge in [-0.1, -0.05) is 18.2 Å². The lowest BCUT2D eigenvalue weighted by atomic mass is 10.0. The maximum Gasteiger partial charge on any atom is 0.217 e. The molecule has 0 radical (unpaired) electrons. The van der Waals surface area contributed by atoms with Crippen LogP contribution in [0.15, 0.2) is 29.3 Å². The number of benzene rings is 1. The lowest BCUT2D eigenvalue weighted by Crippen LogP contribution is -2.17. The Balaban J connectivity index is 2.38. The Hall–Kier alpha value is -1.82. The summed E-state index contributed by atoms with van der Waals surface area (Å²) in [5.41, 5.74) is 1.76.